The molecule has 1 saturated heterocycles. The predicted molar refractivity (Wildman–Crippen MR) is 119 cm³/mol. The van der Waals surface area contributed by atoms with Gasteiger partial charge in [0, 0.05) is 30.1 Å². The van der Waals surface area contributed by atoms with Crippen LogP contribution in [-0.2, 0) is 16.1 Å². The highest BCUT2D eigenvalue weighted by Gasteiger charge is 2.27. The number of anilines is 1. The fourth-order valence-corrected chi connectivity index (χ4v) is 4.34. The number of aromatic nitrogens is 1. The number of methoxy groups -OCH3 is 1. The van der Waals surface area contributed by atoms with Gasteiger partial charge in [-0.25, -0.2) is 4.98 Å². The van der Waals surface area contributed by atoms with Crippen LogP contribution in [0.4, 0.5) is 5.13 Å². The van der Waals surface area contributed by atoms with Crippen LogP contribution in [-0.4, -0.2) is 48.7 Å². The Hall–Kier alpha value is -2.74. The third kappa shape index (κ3) is 4.87. The number of nitrogens with zero attached hydrogens (tertiary/aromatic N) is 2. The second-order valence-electron chi connectivity index (χ2n) is 7.22. The van der Waals surface area contributed by atoms with Crippen molar-refractivity contribution in [2.24, 2.45) is 0 Å². The Morgan fingerprint density at radius 2 is 2.00 bits per heavy atom. The first-order chi connectivity index (χ1) is 14.6. The average Bonchev–Trinajstić information content (AvgIpc) is 3.14. The maximum atomic E-state index is 12.8. The van der Waals surface area contributed by atoms with E-state index in [0.29, 0.717) is 18.3 Å². The normalized spacial score (nSPS) is 16.9. The minimum absolute atomic E-state index is 0.150. The fraction of sp³-hybridized carbons (Fsp3) is 0.304. The van der Waals surface area contributed by atoms with Crippen molar-refractivity contribution in [1.82, 2.24) is 9.88 Å². The van der Waals surface area contributed by atoms with Crippen molar-refractivity contribution in [3.05, 3.63) is 65.0 Å². The molecule has 1 aliphatic rings. The van der Waals surface area contributed by atoms with E-state index < -0.39 is 6.10 Å². The van der Waals surface area contributed by atoms with Gasteiger partial charge in [-0.15, -0.1) is 11.3 Å². The molecule has 3 aromatic rings. The lowest BCUT2D eigenvalue weighted by atomic mass is 10.1. The van der Waals surface area contributed by atoms with E-state index in [-0.39, 0.29) is 5.91 Å². The summed E-state index contributed by atoms with van der Waals surface area (Å²) in [5.41, 5.74) is 3.10. The van der Waals surface area contributed by atoms with Gasteiger partial charge in [0.2, 0.25) is 0 Å². The molecule has 156 valence electrons. The van der Waals surface area contributed by atoms with Crippen molar-refractivity contribution < 1.29 is 14.3 Å². The first-order valence-electron chi connectivity index (χ1n) is 9.93. The zero-order chi connectivity index (χ0) is 20.9. The molecule has 1 aromatic heterocycles. The number of ether oxygens (including phenoxy) is 2. The summed E-state index contributed by atoms with van der Waals surface area (Å²) < 4.78 is 11.0. The molecule has 7 heteroatoms. The molecule has 0 saturated carbocycles. The Kier molecular flexibility index (Phi) is 6.42. The summed E-state index contributed by atoms with van der Waals surface area (Å²) in [5.74, 6) is 0.650. The Morgan fingerprint density at radius 1 is 1.23 bits per heavy atom. The SMILES string of the molecule is COc1ccc(-c2nc(NC(=O)C3CN(Cc4ccccc4)CCO3)sc2C)cc1. The number of hydrogen-bond acceptors (Lipinski definition) is 6. The van der Waals surface area contributed by atoms with Gasteiger partial charge >= 0.3 is 0 Å². The molecule has 1 unspecified atom stereocenters. The number of carbonyl (C=O) groups is 1. The van der Waals surface area contributed by atoms with Crippen LogP contribution in [0.25, 0.3) is 11.3 Å². The van der Waals surface area contributed by atoms with Crippen molar-refractivity contribution in [3.8, 4) is 17.0 Å². The lowest BCUT2D eigenvalue weighted by Crippen LogP contribution is -2.47. The van der Waals surface area contributed by atoms with Crippen LogP contribution in [0, 0.1) is 6.92 Å². The molecule has 2 aromatic carbocycles. The van der Waals surface area contributed by atoms with E-state index in [2.05, 4.69) is 27.3 Å². The number of hydrogen-bond donors (Lipinski definition) is 1. The number of carbonyl (C=O) groups excluding carboxylic acids is 1. The average molecular weight is 424 g/mol. The lowest BCUT2D eigenvalue weighted by molar-refractivity contribution is -0.133. The molecule has 0 spiro atoms. The molecule has 30 heavy (non-hydrogen) atoms. The summed E-state index contributed by atoms with van der Waals surface area (Å²) >= 11 is 1.47. The molecule has 0 radical (unpaired) electrons. The van der Waals surface area contributed by atoms with E-state index in [1.165, 1.54) is 16.9 Å². The predicted octanol–water partition coefficient (Wildman–Crippen LogP) is 3.97. The zero-order valence-corrected chi connectivity index (χ0v) is 17.9. The number of rotatable bonds is 6. The van der Waals surface area contributed by atoms with Gasteiger partial charge in [-0.1, -0.05) is 30.3 Å². The van der Waals surface area contributed by atoms with Gasteiger partial charge in [-0.2, -0.15) is 0 Å². The highest BCUT2D eigenvalue weighted by atomic mass is 32.1. The number of morpholine rings is 1. The van der Waals surface area contributed by atoms with E-state index in [0.717, 1.165) is 35.0 Å². The first kappa shape index (κ1) is 20.5. The Bertz CT molecular complexity index is 989. The number of nitrogens with one attached hydrogen (secondary N) is 1. The first-order valence-corrected chi connectivity index (χ1v) is 10.7. The van der Waals surface area contributed by atoms with Gasteiger partial charge < -0.3 is 9.47 Å². The molecule has 1 fully saturated rings. The summed E-state index contributed by atoms with van der Waals surface area (Å²) in [7, 11) is 1.64. The minimum Gasteiger partial charge on any atom is -0.497 e. The van der Waals surface area contributed by atoms with E-state index >= 15 is 0 Å². The number of benzene rings is 2. The number of aryl methyl sites for hydroxylation is 1. The fourth-order valence-electron chi connectivity index (χ4n) is 3.50. The summed E-state index contributed by atoms with van der Waals surface area (Å²) in [6.07, 6.45) is -0.504. The highest BCUT2D eigenvalue weighted by Crippen LogP contribution is 2.31. The molecular formula is C23H25N3O3S. The van der Waals surface area contributed by atoms with Gasteiger partial charge in [0.15, 0.2) is 5.13 Å². The molecule has 4 rings (SSSR count). The Labute approximate surface area is 180 Å². The summed E-state index contributed by atoms with van der Waals surface area (Å²) in [4.78, 5) is 20.7. The van der Waals surface area contributed by atoms with Gasteiger partial charge in [-0.3, -0.25) is 15.0 Å². The topological polar surface area (TPSA) is 63.7 Å². The van der Waals surface area contributed by atoms with Gasteiger partial charge in [0.05, 0.1) is 19.4 Å². The molecule has 1 N–H and O–H groups in total. The van der Waals surface area contributed by atoms with Gasteiger partial charge in [-0.05, 0) is 36.8 Å². The summed E-state index contributed by atoms with van der Waals surface area (Å²) in [5, 5.41) is 3.53. The molecule has 1 aliphatic heterocycles. The molecular weight excluding hydrogens is 398 g/mol. The number of thiazole rings is 1. The van der Waals surface area contributed by atoms with Crippen molar-refractivity contribution in [2.75, 3.05) is 32.1 Å². The maximum Gasteiger partial charge on any atom is 0.256 e. The smallest absolute Gasteiger partial charge is 0.256 e. The summed E-state index contributed by atoms with van der Waals surface area (Å²) in [6.45, 7) is 4.74. The van der Waals surface area contributed by atoms with Crippen molar-refractivity contribution in [2.45, 2.75) is 19.6 Å². The summed E-state index contributed by atoms with van der Waals surface area (Å²) in [6, 6.07) is 18.0. The highest BCUT2D eigenvalue weighted by molar-refractivity contribution is 7.16. The van der Waals surface area contributed by atoms with Crippen molar-refractivity contribution >= 4 is 22.4 Å². The van der Waals surface area contributed by atoms with Crippen LogP contribution in [0.2, 0.25) is 0 Å². The zero-order valence-electron chi connectivity index (χ0n) is 17.1. The van der Waals surface area contributed by atoms with Gasteiger partial charge in [0.1, 0.15) is 11.9 Å². The van der Waals surface area contributed by atoms with Crippen LogP contribution < -0.4 is 10.1 Å². The molecule has 0 bridgehead atoms. The molecule has 1 amide bonds. The maximum absolute atomic E-state index is 12.8. The van der Waals surface area contributed by atoms with Crippen LogP contribution in [0.1, 0.15) is 10.4 Å². The van der Waals surface area contributed by atoms with Gasteiger partial charge in [0.25, 0.3) is 5.91 Å². The van der Waals surface area contributed by atoms with E-state index in [4.69, 9.17) is 9.47 Å². The quantitative estimate of drug-likeness (QED) is 0.650. The second-order valence-corrected chi connectivity index (χ2v) is 8.42. The third-order valence-corrected chi connectivity index (χ3v) is 5.97. The van der Waals surface area contributed by atoms with E-state index in [1.807, 2.05) is 49.4 Å². The largest absolute Gasteiger partial charge is 0.497 e. The van der Waals surface area contributed by atoms with Crippen LogP contribution >= 0.6 is 11.3 Å². The third-order valence-electron chi connectivity index (χ3n) is 5.08. The second kappa shape index (κ2) is 9.38. The van der Waals surface area contributed by atoms with Crippen LogP contribution in [0.15, 0.2) is 54.6 Å². The molecule has 1 atom stereocenters. The Balaban J connectivity index is 1.39. The lowest BCUT2D eigenvalue weighted by Gasteiger charge is -2.31. The van der Waals surface area contributed by atoms with E-state index in [1.54, 1.807) is 7.11 Å². The van der Waals surface area contributed by atoms with Crippen LogP contribution in [0.5, 0.6) is 5.75 Å². The molecule has 6 nitrogen and oxygen atoms in total. The Morgan fingerprint density at radius 3 is 2.73 bits per heavy atom. The molecule has 2 heterocycles. The van der Waals surface area contributed by atoms with E-state index in [9.17, 15) is 4.79 Å². The van der Waals surface area contributed by atoms with Crippen molar-refractivity contribution in [1.29, 1.82) is 0 Å². The van der Waals surface area contributed by atoms with Crippen molar-refractivity contribution in [3.63, 3.8) is 0 Å². The van der Waals surface area contributed by atoms with Crippen LogP contribution in [0.3, 0.4) is 0 Å². The molecule has 0 aliphatic carbocycles. The monoisotopic (exact) mass is 423 g/mol. The number of amides is 1. The minimum atomic E-state index is -0.504. The standard InChI is InChI=1S/C23H25N3O3S/c1-16-21(18-8-10-19(28-2)11-9-18)24-23(30-16)25-22(27)20-15-26(12-13-29-20)14-17-6-4-3-5-7-17/h3-11,20H,12-15H2,1-2H3,(H,24,25,27).